The molecule has 1 heterocycles. The minimum Gasteiger partial charge on any atom is -0.495 e. The summed E-state index contributed by atoms with van der Waals surface area (Å²) in [7, 11) is 1.60. The first kappa shape index (κ1) is 14.3. The van der Waals surface area contributed by atoms with Crippen molar-refractivity contribution < 1.29 is 4.74 Å². The molecule has 0 saturated heterocycles. The van der Waals surface area contributed by atoms with E-state index in [1.165, 1.54) is 0 Å². The zero-order chi connectivity index (χ0) is 14.5. The van der Waals surface area contributed by atoms with Crippen molar-refractivity contribution in [1.29, 1.82) is 0 Å². The molecule has 2 rings (SSSR count). The molecule has 0 radical (unpaired) electrons. The highest BCUT2D eigenvalue weighted by atomic mass is 16.5. The van der Waals surface area contributed by atoms with Gasteiger partial charge in [-0.05, 0) is 47.4 Å². The predicted molar refractivity (Wildman–Crippen MR) is 78.3 cm³/mol. The Morgan fingerprint density at radius 2 is 2.15 bits per heavy atom. The Morgan fingerprint density at radius 1 is 1.35 bits per heavy atom. The van der Waals surface area contributed by atoms with E-state index in [4.69, 9.17) is 10.5 Å². The van der Waals surface area contributed by atoms with E-state index < -0.39 is 0 Å². The van der Waals surface area contributed by atoms with Crippen LogP contribution in [0.3, 0.4) is 0 Å². The molecule has 2 aromatic rings. The van der Waals surface area contributed by atoms with Gasteiger partial charge in [0, 0.05) is 12.1 Å². The van der Waals surface area contributed by atoms with Gasteiger partial charge in [0.1, 0.15) is 5.75 Å². The molecule has 0 atom stereocenters. The van der Waals surface area contributed by atoms with Crippen molar-refractivity contribution in [3.05, 3.63) is 18.2 Å². The zero-order valence-electron chi connectivity index (χ0n) is 12.2. The van der Waals surface area contributed by atoms with Crippen molar-refractivity contribution in [3.8, 4) is 17.1 Å². The Balaban J connectivity index is 2.19. The molecular formula is C14H21N5O. The molecule has 1 aromatic carbocycles. The van der Waals surface area contributed by atoms with Crippen molar-refractivity contribution in [2.24, 2.45) is 5.92 Å². The first-order valence-electron chi connectivity index (χ1n) is 6.82. The topological polar surface area (TPSA) is 78.9 Å². The molecule has 0 aliphatic rings. The van der Waals surface area contributed by atoms with Crippen LogP contribution < -0.4 is 10.5 Å². The van der Waals surface area contributed by atoms with Crippen LogP contribution in [0.1, 0.15) is 26.7 Å². The number of hydrogen-bond acceptors (Lipinski definition) is 5. The van der Waals surface area contributed by atoms with E-state index in [0.29, 0.717) is 17.4 Å². The van der Waals surface area contributed by atoms with E-state index in [-0.39, 0.29) is 0 Å². The Hall–Kier alpha value is -2.11. The third kappa shape index (κ3) is 3.26. The van der Waals surface area contributed by atoms with E-state index in [0.717, 1.165) is 30.8 Å². The van der Waals surface area contributed by atoms with Crippen LogP contribution in [-0.4, -0.2) is 27.3 Å². The first-order valence-corrected chi connectivity index (χ1v) is 6.82. The molecule has 0 fully saturated rings. The van der Waals surface area contributed by atoms with Crippen LogP contribution in [0, 0.1) is 5.92 Å². The van der Waals surface area contributed by atoms with Gasteiger partial charge in [-0.1, -0.05) is 13.8 Å². The fraction of sp³-hybridized carbons (Fsp3) is 0.500. The minimum absolute atomic E-state index is 0.607. The van der Waals surface area contributed by atoms with Gasteiger partial charge >= 0.3 is 0 Å². The number of hydrogen-bond donors (Lipinski definition) is 1. The molecular weight excluding hydrogens is 254 g/mol. The molecule has 108 valence electrons. The Kier molecular flexibility index (Phi) is 4.55. The van der Waals surface area contributed by atoms with Crippen LogP contribution in [0.2, 0.25) is 0 Å². The average Bonchev–Trinajstić information content (AvgIpc) is 2.87. The van der Waals surface area contributed by atoms with Crippen molar-refractivity contribution in [1.82, 2.24) is 20.2 Å². The van der Waals surface area contributed by atoms with Crippen LogP contribution in [0.15, 0.2) is 18.2 Å². The van der Waals surface area contributed by atoms with Crippen LogP contribution in [0.5, 0.6) is 5.75 Å². The van der Waals surface area contributed by atoms with E-state index in [1.807, 2.05) is 16.8 Å². The van der Waals surface area contributed by atoms with Crippen LogP contribution in [-0.2, 0) is 6.54 Å². The maximum atomic E-state index is 5.82. The van der Waals surface area contributed by atoms with Crippen molar-refractivity contribution in [2.45, 2.75) is 33.2 Å². The smallest absolute Gasteiger partial charge is 0.182 e. The first-order chi connectivity index (χ1) is 9.61. The highest BCUT2D eigenvalue weighted by molar-refractivity contribution is 5.65. The van der Waals surface area contributed by atoms with Gasteiger partial charge in [0.15, 0.2) is 5.82 Å². The van der Waals surface area contributed by atoms with E-state index in [2.05, 4.69) is 29.4 Å². The number of tetrazole rings is 1. The normalized spacial score (nSPS) is 11.0. The summed E-state index contributed by atoms with van der Waals surface area (Å²) in [5.41, 5.74) is 7.34. The van der Waals surface area contributed by atoms with E-state index in [9.17, 15) is 0 Å². The maximum Gasteiger partial charge on any atom is 0.182 e. The number of methoxy groups -OCH3 is 1. The number of aryl methyl sites for hydroxylation is 1. The zero-order valence-corrected chi connectivity index (χ0v) is 12.2. The van der Waals surface area contributed by atoms with Gasteiger partial charge in [-0.15, -0.1) is 5.10 Å². The van der Waals surface area contributed by atoms with Gasteiger partial charge in [-0.2, -0.15) is 0 Å². The third-order valence-electron chi connectivity index (χ3n) is 3.17. The van der Waals surface area contributed by atoms with Gasteiger partial charge in [0.2, 0.25) is 0 Å². The lowest BCUT2D eigenvalue weighted by atomic mass is 10.1. The Bertz CT molecular complexity index is 564. The monoisotopic (exact) mass is 275 g/mol. The van der Waals surface area contributed by atoms with Gasteiger partial charge in [0.25, 0.3) is 0 Å². The van der Waals surface area contributed by atoms with E-state index in [1.54, 1.807) is 13.2 Å². The van der Waals surface area contributed by atoms with Crippen molar-refractivity contribution >= 4 is 5.69 Å². The number of nitrogens with two attached hydrogens (primary N) is 1. The average molecular weight is 275 g/mol. The summed E-state index contributed by atoms with van der Waals surface area (Å²) in [6.07, 6.45) is 2.21. The summed E-state index contributed by atoms with van der Waals surface area (Å²) >= 11 is 0. The van der Waals surface area contributed by atoms with Crippen molar-refractivity contribution in [2.75, 3.05) is 12.8 Å². The standard InChI is InChI=1S/C14H21N5O/c1-10(2)5-4-8-19-14(16-17-18-19)11-6-7-12(15)13(9-11)20-3/h6-7,9-10H,4-5,8,15H2,1-3H3. The Morgan fingerprint density at radius 3 is 2.85 bits per heavy atom. The van der Waals surface area contributed by atoms with Gasteiger partial charge < -0.3 is 10.5 Å². The molecule has 0 bridgehead atoms. The molecule has 0 aliphatic carbocycles. The van der Waals surface area contributed by atoms with Gasteiger partial charge in [-0.3, -0.25) is 0 Å². The quantitative estimate of drug-likeness (QED) is 0.819. The summed E-state index contributed by atoms with van der Waals surface area (Å²) in [5.74, 6) is 2.07. The molecule has 0 unspecified atom stereocenters. The predicted octanol–water partition coefficient (Wildman–Crippen LogP) is 2.37. The van der Waals surface area contributed by atoms with Gasteiger partial charge in [0.05, 0.1) is 12.8 Å². The lowest BCUT2D eigenvalue weighted by Gasteiger charge is -2.08. The molecule has 1 aromatic heterocycles. The highest BCUT2D eigenvalue weighted by Crippen LogP contribution is 2.27. The summed E-state index contributed by atoms with van der Waals surface area (Å²) < 4.78 is 7.06. The fourth-order valence-corrected chi connectivity index (χ4v) is 2.06. The summed E-state index contributed by atoms with van der Waals surface area (Å²) in [6, 6.07) is 5.57. The van der Waals surface area contributed by atoms with Crippen molar-refractivity contribution in [3.63, 3.8) is 0 Å². The number of anilines is 1. The second kappa shape index (κ2) is 6.36. The van der Waals surface area contributed by atoms with Crippen LogP contribution in [0.4, 0.5) is 5.69 Å². The lowest BCUT2D eigenvalue weighted by Crippen LogP contribution is -2.04. The third-order valence-corrected chi connectivity index (χ3v) is 3.17. The molecule has 2 N–H and O–H groups in total. The molecule has 0 spiro atoms. The number of ether oxygens (including phenoxy) is 1. The molecule has 0 aliphatic heterocycles. The molecule has 0 amide bonds. The number of aromatic nitrogens is 4. The fourth-order valence-electron chi connectivity index (χ4n) is 2.06. The van der Waals surface area contributed by atoms with E-state index >= 15 is 0 Å². The minimum atomic E-state index is 0.607. The number of rotatable bonds is 6. The lowest BCUT2D eigenvalue weighted by molar-refractivity contribution is 0.417. The number of nitrogen functional groups attached to an aromatic ring is 1. The second-order valence-corrected chi connectivity index (χ2v) is 5.22. The highest BCUT2D eigenvalue weighted by Gasteiger charge is 2.11. The van der Waals surface area contributed by atoms with Gasteiger partial charge in [-0.25, -0.2) is 4.68 Å². The molecule has 0 saturated carbocycles. The molecule has 20 heavy (non-hydrogen) atoms. The van der Waals surface area contributed by atoms with Crippen LogP contribution in [0.25, 0.3) is 11.4 Å². The largest absolute Gasteiger partial charge is 0.495 e. The summed E-state index contributed by atoms with van der Waals surface area (Å²) in [5, 5.41) is 11.9. The summed E-state index contributed by atoms with van der Waals surface area (Å²) in [4.78, 5) is 0. The Labute approximate surface area is 118 Å². The second-order valence-electron chi connectivity index (χ2n) is 5.22. The summed E-state index contributed by atoms with van der Waals surface area (Å²) in [6.45, 7) is 5.24. The number of benzene rings is 1. The SMILES string of the molecule is COc1cc(-c2nnnn2CCCC(C)C)ccc1N. The maximum absolute atomic E-state index is 5.82. The molecule has 6 heteroatoms. The number of nitrogens with zero attached hydrogens (tertiary/aromatic N) is 4. The molecule has 6 nitrogen and oxygen atoms in total. The van der Waals surface area contributed by atoms with Crippen LogP contribution >= 0.6 is 0 Å².